The molecular formula is C24H27N3O3. The minimum Gasteiger partial charge on any atom is -0.463 e. The van der Waals surface area contributed by atoms with Crippen LogP contribution < -0.4 is 0 Å². The number of hydrogen-bond donors (Lipinski definition) is 0. The fraction of sp³-hybridized carbons (Fsp3) is 0.375. The molecule has 0 aliphatic carbocycles. The Kier molecular flexibility index (Phi) is 6.23. The lowest BCUT2D eigenvalue weighted by atomic mass is 9.85. The Morgan fingerprint density at radius 1 is 1.23 bits per heavy atom. The molecular weight excluding hydrogens is 378 g/mol. The largest absolute Gasteiger partial charge is 0.463 e. The molecule has 0 bridgehead atoms. The third kappa shape index (κ3) is 4.00. The van der Waals surface area contributed by atoms with Crippen LogP contribution in [0.5, 0.6) is 0 Å². The zero-order valence-electron chi connectivity index (χ0n) is 17.5. The molecule has 3 heterocycles. The van der Waals surface area contributed by atoms with Crippen LogP contribution >= 0.6 is 0 Å². The van der Waals surface area contributed by atoms with E-state index in [0.29, 0.717) is 12.5 Å². The molecule has 0 spiro atoms. The molecule has 1 fully saturated rings. The first-order valence-electron chi connectivity index (χ1n) is 10.6. The minimum atomic E-state index is -0.348. The average molecular weight is 405 g/mol. The smallest absolute Gasteiger partial charge is 0.330 e. The van der Waals surface area contributed by atoms with E-state index < -0.39 is 0 Å². The van der Waals surface area contributed by atoms with E-state index in [1.165, 1.54) is 11.6 Å². The van der Waals surface area contributed by atoms with Crippen LogP contribution in [0.2, 0.25) is 0 Å². The van der Waals surface area contributed by atoms with Crippen molar-refractivity contribution in [3.8, 4) is 11.3 Å². The van der Waals surface area contributed by atoms with Gasteiger partial charge < -0.3 is 9.47 Å². The number of aryl methyl sites for hydroxylation is 1. The summed E-state index contributed by atoms with van der Waals surface area (Å²) >= 11 is 0. The summed E-state index contributed by atoms with van der Waals surface area (Å²) in [7, 11) is 0. The number of rotatable bonds is 6. The van der Waals surface area contributed by atoms with Crippen LogP contribution in [0.3, 0.4) is 0 Å². The molecule has 1 saturated heterocycles. The first-order valence-corrected chi connectivity index (χ1v) is 10.6. The molecule has 1 aliphatic rings. The summed E-state index contributed by atoms with van der Waals surface area (Å²) in [5.41, 5.74) is 4.92. The van der Waals surface area contributed by atoms with Gasteiger partial charge in [0.05, 0.1) is 18.5 Å². The minimum absolute atomic E-state index is 0.322. The van der Waals surface area contributed by atoms with Crippen molar-refractivity contribution < 1.29 is 14.3 Å². The van der Waals surface area contributed by atoms with Gasteiger partial charge >= 0.3 is 5.97 Å². The van der Waals surface area contributed by atoms with Gasteiger partial charge in [-0.2, -0.15) is 5.10 Å². The van der Waals surface area contributed by atoms with Crippen LogP contribution in [0.25, 0.3) is 28.4 Å². The number of ether oxygens (including phenoxy) is 2. The maximum Gasteiger partial charge on any atom is 0.330 e. The first-order chi connectivity index (χ1) is 14.7. The lowest BCUT2D eigenvalue weighted by Gasteiger charge is -2.26. The van der Waals surface area contributed by atoms with E-state index >= 15 is 0 Å². The van der Waals surface area contributed by atoms with Gasteiger partial charge in [-0.25, -0.2) is 14.5 Å². The summed E-state index contributed by atoms with van der Waals surface area (Å²) in [6.07, 6.45) is 7.15. The standard InChI is InChI=1S/C24H27N3O3/c1-3-27-24-20(16-25-27)22(17-12-14-29-15-13-17)19(10-11-21(28)30-4-2)23(26-24)18-8-6-5-7-9-18/h5-11,16-17H,3-4,12-15H2,1-2H3. The van der Waals surface area contributed by atoms with Crippen LogP contribution in [0.1, 0.15) is 43.7 Å². The van der Waals surface area contributed by atoms with E-state index in [1.54, 1.807) is 6.92 Å². The Labute approximate surface area is 176 Å². The number of hydrogen-bond acceptors (Lipinski definition) is 5. The average Bonchev–Trinajstić information content (AvgIpc) is 3.20. The molecule has 0 amide bonds. The van der Waals surface area contributed by atoms with E-state index in [1.807, 2.05) is 35.2 Å². The lowest BCUT2D eigenvalue weighted by molar-refractivity contribution is -0.137. The number of pyridine rings is 1. The number of esters is 1. The van der Waals surface area contributed by atoms with Gasteiger partial charge in [0.25, 0.3) is 0 Å². The van der Waals surface area contributed by atoms with Crippen LogP contribution in [-0.4, -0.2) is 40.6 Å². The van der Waals surface area contributed by atoms with Crippen molar-refractivity contribution in [1.29, 1.82) is 0 Å². The highest BCUT2D eigenvalue weighted by molar-refractivity contribution is 5.94. The third-order valence-electron chi connectivity index (χ3n) is 5.51. The summed E-state index contributed by atoms with van der Waals surface area (Å²) in [6, 6.07) is 10.1. The Balaban J connectivity index is 1.98. The molecule has 156 valence electrons. The number of carbonyl (C=O) groups excluding carboxylic acids is 1. The molecule has 1 aliphatic heterocycles. The molecule has 6 nitrogen and oxygen atoms in total. The van der Waals surface area contributed by atoms with E-state index in [9.17, 15) is 4.79 Å². The van der Waals surface area contributed by atoms with Gasteiger partial charge in [-0.15, -0.1) is 0 Å². The Bertz CT molecular complexity index is 1050. The highest BCUT2D eigenvalue weighted by Crippen LogP contribution is 2.39. The van der Waals surface area contributed by atoms with Gasteiger partial charge in [-0.1, -0.05) is 30.3 Å². The van der Waals surface area contributed by atoms with Crippen molar-refractivity contribution in [3.63, 3.8) is 0 Å². The maximum absolute atomic E-state index is 12.1. The van der Waals surface area contributed by atoms with Gasteiger partial charge in [0, 0.05) is 42.3 Å². The van der Waals surface area contributed by atoms with E-state index in [2.05, 4.69) is 24.2 Å². The Hall–Kier alpha value is -2.99. The second kappa shape index (κ2) is 9.22. The monoisotopic (exact) mass is 405 g/mol. The van der Waals surface area contributed by atoms with Crippen LogP contribution in [0.4, 0.5) is 0 Å². The molecule has 0 radical (unpaired) electrons. The van der Waals surface area contributed by atoms with Gasteiger partial charge in [0.1, 0.15) is 0 Å². The molecule has 0 N–H and O–H groups in total. The maximum atomic E-state index is 12.1. The SMILES string of the molecule is CCOC(=O)C=Cc1c(-c2ccccc2)nc2c(cnn2CC)c1C1CCOCC1. The van der Waals surface area contributed by atoms with Gasteiger partial charge in [0.2, 0.25) is 0 Å². The Morgan fingerprint density at radius 2 is 2.00 bits per heavy atom. The zero-order chi connectivity index (χ0) is 20.9. The summed E-state index contributed by atoms with van der Waals surface area (Å²) < 4.78 is 12.7. The first kappa shape index (κ1) is 20.3. The van der Waals surface area contributed by atoms with Crippen molar-refractivity contribution in [3.05, 3.63) is 53.7 Å². The molecule has 6 heteroatoms. The van der Waals surface area contributed by atoms with Crippen molar-refractivity contribution in [2.45, 2.75) is 39.2 Å². The van der Waals surface area contributed by atoms with E-state index in [4.69, 9.17) is 14.5 Å². The second-order valence-corrected chi connectivity index (χ2v) is 7.32. The molecule has 3 aromatic rings. The fourth-order valence-electron chi connectivity index (χ4n) is 4.11. The molecule has 1 aromatic carbocycles. The quantitative estimate of drug-likeness (QED) is 0.443. The number of benzene rings is 1. The highest BCUT2D eigenvalue weighted by atomic mass is 16.5. The number of fused-ring (bicyclic) bond motifs is 1. The van der Waals surface area contributed by atoms with Crippen LogP contribution in [0, 0.1) is 0 Å². The normalized spacial score (nSPS) is 15.1. The summed E-state index contributed by atoms with van der Waals surface area (Å²) in [4.78, 5) is 17.1. The van der Waals surface area contributed by atoms with E-state index in [0.717, 1.165) is 60.5 Å². The van der Waals surface area contributed by atoms with Gasteiger partial charge in [0.15, 0.2) is 5.65 Å². The molecule has 0 unspecified atom stereocenters. The molecule has 4 rings (SSSR count). The number of nitrogens with zero attached hydrogens (tertiary/aromatic N) is 3. The van der Waals surface area contributed by atoms with Gasteiger partial charge in [-0.3, -0.25) is 0 Å². The van der Waals surface area contributed by atoms with E-state index in [-0.39, 0.29) is 5.97 Å². The fourth-order valence-corrected chi connectivity index (χ4v) is 4.11. The summed E-state index contributed by atoms with van der Waals surface area (Å²) in [5.74, 6) is -0.0261. The van der Waals surface area contributed by atoms with Crippen LogP contribution in [0.15, 0.2) is 42.6 Å². The number of carbonyl (C=O) groups is 1. The summed E-state index contributed by atoms with van der Waals surface area (Å²) in [6.45, 7) is 6.44. The molecule has 2 aromatic heterocycles. The topological polar surface area (TPSA) is 66.2 Å². The third-order valence-corrected chi connectivity index (χ3v) is 5.51. The lowest BCUT2D eigenvalue weighted by Crippen LogP contribution is -2.16. The predicted molar refractivity (Wildman–Crippen MR) is 117 cm³/mol. The van der Waals surface area contributed by atoms with Crippen molar-refractivity contribution in [2.75, 3.05) is 19.8 Å². The Morgan fingerprint density at radius 3 is 2.70 bits per heavy atom. The predicted octanol–water partition coefficient (Wildman–Crippen LogP) is 4.59. The van der Waals surface area contributed by atoms with Crippen molar-refractivity contribution in [2.24, 2.45) is 0 Å². The van der Waals surface area contributed by atoms with Crippen molar-refractivity contribution in [1.82, 2.24) is 14.8 Å². The molecule has 0 saturated carbocycles. The second-order valence-electron chi connectivity index (χ2n) is 7.32. The number of aromatic nitrogens is 3. The van der Waals surface area contributed by atoms with Crippen LogP contribution in [-0.2, 0) is 20.8 Å². The molecule has 0 atom stereocenters. The zero-order valence-corrected chi connectivity index (χ0v) is 17.5. The van der Waals surface area contributed by atoms with Crippen molar-refractivity contribution >= 4 is 23.1 Å². The summed E-state index contributed by atoms with van der Waals surface area (Å²) in [5, 5.41) is 5.63. The molecule has 30 heavy (non-hydrogen) atoms. The highest BCUT2D eigenvalue weighted by Gasteiger charge is 2.25. The van der Waals surface area contributed by atoms with Gasteiger partial charge in [-0.05, 0) is 44.2 Å².